The molecule has 0 aliphatic carbocycles. The first-order valence-electron chi connectivity index (χ1n) is 6.72. The molecule has 102 valence electrons. The van der Waals surface area contributed by atoms with Gasteiger partial charge in [0, 0.05) is 17.3 Å². The predicted octanol–water partition coefficient (Wildman–Crippen LogP) is 4.48. The van der Waals surface area contributed by atoms with E-state index in [2.05, 4.69) is 29.8 Å². The first kappa shape index (κ1) is 14.2. The Morgan fingerprint density at radius 3 is 2.79 bits per heavy atom. The number of aryl methyl sites for hydroxylation is 1. The van der Waals surface area contributed by atoms with Gasteiger partial charge in [0.05, 0.1) is 0 Å². The zero-order valence-electron chi connectivity index (χ0n) is 11.4. The summed E-state index contributed by atoms with van der Waals surface area (Å²) in [4.78, 5) is 1.36. The lowest BCUT2D eigenvalue weighted by Crippen LogP contribution is -2.24. The molecule has 0 saturated carbocycles. The summed E-state index contributed by atoms with van der Waals surface area (Å²) in [5.41, 5.74) is 1.88. The summed E-state index contributed by atoms with van der Waals surface area (Å²) in [5.74, 6) is -0.130. The Morgan fingerprint density at radius 2 is 2.16 bits per heavy atom. The Labute approximate surface area is 118 Å². The molecule has 2 aromatic rings. The van der Waals surface area contributed by atoms with Gasteiger partial charge in [0.2, 0.25) is 0 Å². The molecule has 1 atom stereocenters. The van der Waals surface area contributed by atoms with E-state index in [0.717, 1.165) is 19.4 Å². The smallest absolute Gasteiger partial charge is 0.126 e. The van der Waals surface area contributed by atoms with Crippen LogP contribution < -0.4 is 5.32 Å². The Morgan fingerprint density at radius 1 is 1.32 bits per heavy atom. The molecule has 1 aromatic carbocycles. The molecule has 1 aromatic heterocycles. The highest BCUT2D eigenvalue weighted by molar-refractivity contribution is 7.09. The number of rotatable bonds is 6. The van der Waals surface area contributed by atoms with Crippen molar-refractivity contribution in [3.63, 3.8) is 0 Å². The summed E-state index contributed by atoms with van der Waals surface area (Å²) in [6.45, 7) is 4.96. The van der Waals surface area contributed by atoms with Gasteiger partial charge in [0.1, 0.15) is 5.82 Å². The second kappa shape index (κ2) is 6.83. The van der Waals surface area contributed by atoms with E-state index in [1.165, 1.54) is 10.4 Å². The standard InChI is InChI=1S/C16H20FNS/c1-3-8-18-16(11-14-5-4-9-19-14)13-6-7-15(17)12(2)10-13/h4-7,9-10,16,18H,3,8,11H2,1-2H3. The molecule has 0 fully saturated rings. The van der Waals surface area contributed by atoms with E-state index in [9.17, 15) is 4.39 Å². The van der Waals surface area contributed by atoms with E-state index >= 15 is 0 Å². The predicted molar refractivity (Wildman–Crippen MR) is 80.2 cm³/mol. The van der Waals surface area contributed by atoms with Crippen LogP contribution in [0.2, 0.25) is 0 Å². The zero-order valence-corrected chi connectivity index (χ0v) is 12.3. The number of benzene rings is 1. The number of hydrogen-bond donors (Lipinski definition) is 1. The van der Waals surface area contributed by atoms with E-state index in [1.807, 2.05) is 19.1 Å². The zero-order chi connectivity index (χ0) is 13.7. The topological polar surface area (TPSA) is 12.0 Å². The Bertz CT molecular complexity index is 507. The molecule has 19 heavy (non-hydrogen) atoms. The summed E-state index contributed by atoms with van der Waals surface area (Å²) >= 11 is 1.77. The summed E-state index contributed by atoms with van der Waals surface area (Å²) in [6, 6.07) is 9.91. The first-order valence-corrected chi connectivity index (χ1v) is 7.60. The maximum absolute atomic E-state index is 13.4. The maximum Gasteiger partial charge on any atom is 0.126 e. The molecule has 0 radical (unpaired) electrons. The molecule has 0 bridgehead atoms. The average molecular weight is 277 g/mol. The van der Waals surface area contributed by atoms with Crippen LogP contribution in [0.3, 0.4) is 0 Å². The Kier molecular flexibility index (Phi) is 5.11. The third-order valence-electron chi connectivity index (χ3n) is 3.21. The van der Waals surface area contributed by atoms with Crippen molar-refractivity contribution < 1.29 is 4.39 Å². The fourth-order valence-corrected chi connectivity index (χ4v) is 2.89. The van der Waals surface area contributed by atoms with Crippen LogP contribution in [0, 0.1) is 12.7 Å². The fourth-order valence-electron chi connectivity index (χ4n) is 2.14. The molecule has 1 heterocycles. The van der Waals surface area contributed by atoms with Gasteiger partial charge in [-0.2, -0.15) is 0 Å². The minimum Gasteiger partial charge on any atom is -0.310 e. The van der Waals surface area contributed by atoms with Crippen LogP contribution in [-0.4, -0.2) is 6.54 Å². The number of hydrogen-bond acceptors (Lipinski definition) is 2. The van der Waals surface area contributed by atoms with Crippen molar-refractivity contribution in [3.8, 4) is 0 Å². The van der Waals surface area contributed by atoms with Crippen molar-refractivity contribution in [2.75, 3.05) is 6.54 Å². The van der Waals surface area contributed by atoms with Gasteiger partial charge in [0.15, 0.2) is 0 Å². The highest BCUT2D eigenvalue weighted by atomic mass is 32.1. The van der Waals surface area contributed by atoms with Gasteiger partial charge in [-0.05, 0) is 48.5 Å². The van der Waals surface area contributed by atoms with Gasteiger partial charge in [-0.15, -0.1) is 11.3 Å². The van der Waals surface area contributed by atoms with Crippen LogP contribution in [0.1, 0.15) is 35.4 Å². The quantitative estimate of drug-likeness (QED) is 0.821. The number of halogens is 1. The second-order valence-electron chi connectivity index (χ2n) is 4.80. The summed E-state index contributed by atoms with van der Waals surface area (Å²) in [5, 5.41) is 5.65. The van der Waals surface area contributed by atoms with E-state index < -0.39 is 0 Å². The summed E-state index contributed by atoms with van der Waals surface area (Å²) in [6.07, 6.45) is 2.06. The van der Waals surface area contributed by atoms with Crippen molar-refractivity contribution >= 4 is 11.3 Å². The van der Waals surface area contributed by atoms with Crippen LogP contribution in [-0.2, 0) is 6.42 Å². The molecule has 1 nitrogen and oxygen atoms in total. The highest BCUT2D eigenvalue weighted by Gasteiger charge is 2.13. The van der Waals surface area contributed by atoms with Crippen LogP contribution in [0.5, 0.6) is 0 Å². The monoisotopic (exact) mass is 277 g/mol. The molecule has 0 saturated heterocycles. The van der Waals surface area contributed by atoms with Crippen molar-refractivity contribution in [2.24, 2.45) is 0 Å². The van der Waals surface area contributed by atoms with Crippen LogP contribution in [0.25, 0.3) is 0 Å². The molecule has 1 unspecified atom stereocenters. The maximum atomic E-state index is 13.4. The fraction of sp³-hybridized carbons (Fsp3) is 0.375. The second-order valence-corrected chi connectivity index (χ2v) is 5.83. The highest BCUT2D eigenvalue weighted by Crippen LogP contribution is 2.23. The van der Waals surface area contributed by atoms with Crippen molar-refractivity contribution in [3.05, 3.63) is 57.5 Å². The lowest BCUT2D eigenvalue weighted by Gasteiger charge is -2.19. The van der Waals surface area contributed by atoms with Crippen molar-refractivity contribution in [1.82, 2.24) is 5.32 Å². The molecule has 3 heteroatoms. The van der Waals surface area contributed by atoms with Crippen LogP contribution >= 0.6 is 11.3 Å². The van der Waals surface area contributed by atoms with E-state index in [-0.39, 0.29) is 11.9 Å². The molecule has 0 amide bonds. The molecular formula is C16H20FNS. The minimum atomic E-state index is -0.130. The van der Waals surface area contributed by atoms with Gasteiger partial charge >= 0.3 is 0 Å². The van der Waals surface area contributed by atoms with Crippen molar-refractivity contribution in [2.45, 2.75) is 32.7 Å². The first-order chi connectivity index (χ1) is 9.20. The molecule has 0 spiro atoms. The van der Waals surface area contributed by atoms with E-state index in [4.69, 9.17) is 0 Å². The van der Waals surface area contributed by atoms with Gasteiger partial charge in [-0.25, -0.2) is 4.39 Å². The third kappa shape index (κ3) is 3.88. The summed E-state index contributed by atoms with van der Waals surface area (Å²) < 4.78 is 13.4. The van der Waals surface area contributed by atoms with E-state index in [0.29, 0.717) is 5.56 Å². The van der Waals surface area contributed by atoms with Crippen LogP contribution in [0.4, 0.5) is 4.39 Å². The number of nitrogens with one attached hydrogen (secondary N) is 1. The van der Waals surface area contributed by atoms with Gasteiger partial charge in [-0.3, -0.25) is 0 Å². The molecule has 1 N–H and O–H groups in total. The number of thiophene rings is 1. The van der Waals surface area contributed by atoms with Crippen LogP contribution in [0.15, 0.2) is 35.7 Å². The lowest BCUT2D eigenvalue weighted by molar-refractivity contribution is 0.529. The SMILES string of the molecule is CCCNC(Cc1cccs1)c1ccc(F)c(C)c1. The van der Waals surface area contributed by atoms with Gasteiger partial charge in [-0.1, -0.05) is 25.1 Å². The molecule has 0 aliphatic rings. The third-order valence-corrected chi connectivity index (χ3v) is 4.11. The Balaban J connectivity index is 2.18. The molecule has 0 aliphatic heterocycles. The molecule has 2 rings (SSSR count). The van der Waals surface area contributed by atoms with Crippen molar-refractivity contribution in [1.29, 1.82) is 0 Å². The van der Waals surface area contributed by atoms with Gasteiger partial charge in [0.25, 0.3) is 0 Å². The minimum absolute atomic E-state index is 0.130. The lowest BCUT2D eigenvalue weighted by atomic mass is 10.0. The van der Waals surface area contributed by atoms with Gasteiger partial charge < -0.3 is 5.32 Å². The Hall–Kier alpha value is -1.19. The molecular weight excluding hydrogens is 257 g/mol. The average Bonchev–Trinajstić information content (AvgIpc) is 2.91. The van der Waals surface area contributed by atoms with E-state index in [1.54, 1.807) is 17.4 Å². The largest absolute Gasteiger partial charge is 0.310 e. The normalized spacial score (nSPS) is 12.6. The summed E-state index contributed by atoms with van der Waals surface area (Å²) in [7, 11) is 0.